The second kappa shape index (κ2) is 13.8. The maximum absolute atomic E-state index is 4.11. The average molecular weight is 300 g/mol. The molecule has 0 saturated carbocycles. The molecule has 72 valence electrons. The summed E-state index contributed by atoms with van der Waals surface area (Å²) >= 11 is 4.11. The SMILES string of the molecule is CC.I.O.SCc1ccccc1. The highest BCUT2D eigenvalue weighted by Crippen LogP contribution is 2.00. The summed E-state index contributed by atoms with van der Waals surface area (Å²) in [6, 6.07) is 10.2. The Bertz CT molecular complexity index is 156. The number of rotatable bonds is 1. The molecule has 12 heavy (non-hydrogen) atoms. The predicted molar refractivity (Wildman–Crippen MR) is 69.5 cm³/mol. The van der Waals surface area contributed by atoms with Crippen molar-refractivity contribution in [1.29, 1.82) is 0 Å². The van der Waals surface area contributed by atoms with Crippen LogP contribution in [0.4, 0.5) is 0 Å². The van der Waals surface area contributed by atoms with Crippen molar-refractivity contribution in [3.8, 4) is 0 Å². The molecule has 0 heterocycles. The highest BCUT2D eigenvalue weighted by atomic mass is 127. The summed E-state index contributed by atoms with van der Waals surface area (Å²) in [5, 5.41) is 0. The number of benzene rings is 1. The lowest BCUT2D eigenvalue weighted by Crippen LogP contribution is -1.71. The van der Waals surface area contributed by atoms with Crippen LogP contribution in [-0.2, 0) is 5.75 Å². The number of hydrogen-bond donors (Lipinski definition) is 1. The summed E-state index contributed by atoms with van der Waals surface area (Å²) in [7, 11) is 0. The van der Waals surface area contributed by atoms with Crippen LogP contribution in [0.2, 0.25) is 0 Å². The van der Waals surface area contributed by atoms with E-state index in [1.165, 1.54) is 5.56 Å². The number of thiol groups is 1. The van der Waals surface area contributed by atoms with E-state index in [9.17, 15) is 0 Å². The molecule has 0 atom stereocenters. The van der Waals surface area contributed by atoms with Crippen LogP contribution in [0.25, 0.3) is 0 Å². The second-order valence-corrected chi connectivity index (χ2v) is 1.96. The average Bonchev–Trinajstić information content (AvgIpc) is 2.10. The molecular formula is C9H17IOS. The van der Waals surface area contributed by atoms with E-state index in [-0.39, 0.29) is 29.5 Å². The van der Waals surface area contributed by atoms with Crippen LogP contribution in [0.1, 0.15) is 19.4 Å². The minimum Gasteiger partial charge on any atom is -0.412 e. The van der Waals surface area contributed by atoms with Gasteiger partial charge in [0.2, 0.25) is 0 Å². The fourth-order valence-corrected chi connectivity index (χ4v) is 0.794. The standard InChI is InChI=1S/C7H8S.C2H6.HI.H2O/c8-6-7-4-2-1-3-5-7;1-2;;/h1-5,8H,6H2;1-2H3;1H;1H2. The first-order chi connectivity index (χ1) is 4.93. The van der Waals surface area contributed by atoms with E-state index in [0.717, 1.165) is 5.75 Å². The van der Waals surface area contributed by atoms with Gasteiger partial charge in [-0.15, -0.1) is 24.0 Å². The molecular weight excluding hydrogens is 283 g/mol. The van der Waals surface area contributed by atoms with Gasteiger partial charge in [0.1, 0.15) is 0 Å². The Hall–Kier alpha value is 0.260. The van der Waals surface area contributed by atoms with Crippen LogP contribution in [0.5, 0.6) is 0 Å². The van der Waals surface area contributed by atoms with Gasteiger partial charge in [0.15, 0.2) is 0 Å². The third-order valence-corrected chi connectivity index (χ3v) is 1.39. The second-order valence-electron chi connectivity index (χ2n) is 1.64. The minimum atomic E-state index is 0. The van der Waals surface area contributed by atoms with Gasteiger partial charge in [-0.25, -0.2) is 0 Å². The van der Waals surface area contributed by atoms with Crippen LogP contribution >= 0.6 is 36.6 Å². The molecule has 0 fully saturated rings. The zero-order valence-corrected chi connectivity index (χ0v) is 10.7. The van der Waals surface area contributed by atoms with Gasteiger partial charge in [-0.3, -0.25) is 0 Å². The summed E-state index contributed by atoms with van der Waals surface area (Å²) in [6.07, 6.45) is 0. The third-order valence-electron chi connectivity index (χ3n) is 1.03. The molecule has 0 radical (unpaired) electrons. The maximum atomic E-state index is 4.11. The predicted octanol–water partition coefficient (Wildman–Crippen LogP) is 2.94. The Morgan fingerprint density at radius 2 is 1.50 bits per heavy atom. The van der Waals surface area contributed by atoms with E-state index >= 15 is 0 Å². The van der Waals surface area contributed by atoms with Crippen LogP contribution < -0.4 is 0 Å². The van der Waals surface area contributed by atoms with Gasteiger partial charge in [0.05, 0.1) is 0 Å². The van der Waals surface area contributed by atoms with Crippen molar-refractivity contribution in [1.82, 2.24) is 0 Å². The van der Waals surface area contributed by atoms with E-state index in [1.807, 2.05) is 32.0 Å². The third kappa shape index (κ3) is 8.36. The molecule has 0 aromatic heterocycles. The lowest BCUT2D eigenvalue weighted by atomic mass is 10.2. The lowest BCUT2D eigenvalue weighted by Gasteiger charge is -1.89. The van der Waals surface area contributed by atoms with Crippen LogP contribution in [0.3, 0.4) is 0 Å². The van der Waals surface area contributed by atoms with Crippen LogP contribution in [-0.4, -0.2) is 5.48 Å². The molecule has 0 saturated heterocycles. The summed E-state index contributed by atoms with van der Waals surface area (Å²) in [5.41, 5.74) is 1.27. The van der Waals surface area contributed by atoms with Gasteiger partial charge in [-0.05, 0) is 5.56 Å². The lowest BCUT2D eigenvalue weighted by molar-refractivity contribution is 0.824. The molecule has 2 N–H and O–H groups in total. The first-order valence-corrected chi connectivity index (χ1v) is 4.21. The molecule has 1 aromatic rings. The van der Waals surface area contributed by atoms with Crippen molar-refractivity contribution in [2.45, 2.75) is 19.6 Å². The number of halogens is 1. The van der Waals surface area contributed by atoms with Crippen molar-refractivity contribution >= 4 is 36.6 Å². The summed E-state index contributed by atoms with van der Waals surface area (Å²) < 4.78 is 0. The highest BCUT2D eigenvalue weighted by molar-refractivity contribution is 14.0. The van der Waals surface area contributed by atoms with Gasteiger partial charge in [-0.1, -0.05) is 44.2 Å². The molecule has 0 unspecified atom stereocenters. The van der Waals surface area contributed by atoms with Gasteiger partial charge in [-0.2, -0.15) is 12.6 Å². The van der Waals surface area contributed by atoms with Crippen molar-refractivity contribution in [3.05, 3.63) is 35.9 Å². The van der Waals surface area contributed by atoms with E-state index < -0.39 is 0 Å². The Labute approximate surface area is 97.3 Å². The smallest absolute Gasteiger partial charge is 0.0154 e. The van der Waals surface area contributed by atoms with Crippen LogP contribution in [0, 0.1) is 0 Å². The molecule has 1 rings (SSSR count). The van der Waals surface area contributed by atoms with Crippen molar-refractivity contribution in [3.63, 3.8) is 0 Å². The van der Waals surface area contributed by atoms with E-state index in [4.69, 9.17) is 0 Å². The fraction of sp³-hybridized carbons (Fsp3) is 0.333. The molecule has 3 heteroatoms. The van der Waals surface area contributed by atoms with Gasteiger partial charge < -0.3 is 5.48 Å². The molecule has 0 aliphatic rings. The summed E-state index contributed by atoms with van der Waals surface area (Å²) in [6.45, 7) is 4.00. The van der Waals surface area contributed by atoms with Crippen molar-refractivity contribution in [2.24, 2.45) is 0 Å². The molecule has 0 amide bonds. The first-order valence-electron chi connectivity index (χ1n) is 3.58. The van der Waals surface area contributed by atoms with E-state index in [1.54, 1.807) is 0 Å². The summed E-state index contributed by atoms with van der Waals surface area (Å²) in [4.78, 5) is 0. The molecule has 0 aliphatic heterocycles. The molecule has 0 aliphatic carbocycles. The van der Waals surface area contributed by atoms with Crippen molar-refractivity contribution < 1.29 is 5.48 Å². The monoisotopic (exact) mass is 300 g/mol. The van der Waals surface area contributed by atoms with Gasteiger partial charge in [0.25, 0.3) is 0 Å². The molecule has 1 aromatic carbocycles. The fourth-order valence-electron chi connectivity index (χ4n) is 0.583. The zero-order chi connectivity index (χ0) is 7.82. The molecule has 0 spiro atoms. The Kier molecular flexibility index (Phi) is 20.9. The molecule has 1 nitrogen and oxygen atoms in total. The molecule has 0 bridgehead atoms. The first kappa shape index (κ1) is 18.1. The maximum Gasteiger partial charge on any atom is 0.0154 e. The topological polar surface area (TPSA) is 31.5 Å². The Morgan fingerprint density at radius 3 is 1.75 bits per heavy atom. The highest BCUT2D eigenvalue weighted by Gasteiger charge is 1.80. The van der Waals surface area contributed by atoms with E-state index in [2.05, 4.69) is 24.8 Å². The number of hydrogen-bond acceptors (Lipinski definition) is 1. The largest absolute Gasteiger partial charge is 0.412 e. The summed E-state index contributed by atoms with van der Waals surface area (Å²) in [5.74, 6) is 0.834. The van der Waals surface area contributed by atoms with Gasteiger partial charge in [0, 0.05) is 5.75 Å². The minimum absolute atomic E-state index is 0. The Morgan fingerprint density at radius 1 is 1.08 bits per heavy atom. The normalized spacial score (nSPS) is 6.58. The van der Waals surface area contributed by atoms with E-state index in [0.29, 0.717) is 0 Å². The van der Waals surface area contributed by atoms with Crippen LogP contribution in [0.15, 0.2) is 30.3 Å². The Balaban J connectivity index is -0.000000189. The van der Waals surface area contributed by atoms with Gasteiger partial charge >= 0.3 is 0 Å². The van der Waals surface area contributed by atoms with Crippen molar-refractivity contribution in [2.75, 3.05) is 0 Å². The zero-order valence-electron chi connectivity index (χ0n) is 7.45. The quantitative estimate of drug-likeness (QED) is 0.611.